The molecule has 0 spiro atoms. The Bertz CT molecular complexity index is 747. The first-order valence-corrected chi connectivity index (χ1v) is 9.50. The van der Waals surface area contributed by atoms with Crippen molar-refractivity contribution in [3.8, 4) is 0 Å². The zero-order valence-corrected chi connectivity index (χ0v) is 15.9. The Morgan fingerprint density at radius 1 is 1.12 bits per heavy atom. The number of benzene rings is 2. The first kappa shape index (κ1) is 19.2. The molecule has 6 heteroatoms. The number of hydrogen-bond acceptors (Lipinski definition) is 3. The molecule has 2 N–H and O–H groups in total. The summed E-state index contributed by atoms with van der Waals surface area (Å²) in [6.45, 7) is 2.20. The largest absolute Gasteiger partial charge is 0.387 e. The van der Waals surface area contributed by atoms with Crippen molar-refractivity contribution in [1.82, 2.24) is 10.2 Å². The quantitative estimate of drug-likeness (QED) is 0.810. The standard InChI is InChI=1S/C20H22Cl2N2O2/c21-17-7-6-15(12-18(17)22)19(25)13-24-10-8-16(9-11-24)23-20(26)14-4-2-1-3-5-14/h1-7,12,16,19,25H,8-11,13H2,(H,23,26). The maximum Gasteiger partial charge on any atom is 0.251 e. The molecule has 4 nitrogen and oxygen atoms in total. The molecule has 0 bridgehead atoms. The Morgan fingerprint density at radius 2 is 1.81 bits per heavy atom. The van der Waals surface area contributed by atoms with Gasteiger partial charge in [-0.3, -0.25) is 4.79 Å². The van der Waals surface area contributed by atoms with E-state index in [0.29, 0.717) is 22.2 Å². The number of aliphatic hydroxyl groups excluding tert-OH is 1. The number of carbonyl (C=O) groups is 1. The van der Waals surface area contributed by atoms with Gasteiger partial charge in [0.1, 0.15) is 0 Å². The molecule has 26 heavy (non-hydrogen) atoms. The van der Waals surface area contributed by atoms with Gasteiger partial charge in [0.25, 0.3) is 5.91 Å². The van der Waals surface area contributed by atoms with Gasteiger partial charge in [0.2, 0.25) is 0 Å². The molecular formula is C20H22Cl2N2O2. The third-order valence-electron chi connectivity index (χ3n) is 4.72. The van der Waals surface area contributed by atoms with Gasteiger partial charge >= 0.3 is 0 Å². The minimum Gasteiger partial charge on any atom is -0.387 e. The van der Waals surface area contributed by atoms with Crippen LogP contribution in [0.25, 0.3) is 0 Å². The molecule has 3 rings (SSSR count). The number of amides is 1. The van der Waals surface area contributed by atoms with Crippen LogP contribution in [0.15, 0.2) is 48.5 Å². The average molecular weight is 393 g/mol. The maximum absolute atomic E-state index is 12.2. The first-order chi connectivity index (χ1) is 12.5. The summed E-state index contributed by atoms with van der Waals surface area (Å²) in [5.41, 5.74) is 1.45. The van der Waals surface area contributed by atoms with Crippen molar-refractivity contribution in [2.45, 2.75) is 25.0 Å². The lowest BCUT2D eigenvalue weighted by Gasteiger charge is -2.33. The van der Waals surface area contributed by atoms with Crippen LogP contribution in [-0.4, -0.2) is 41.6 Å². The van der Waals surface area contributed by atoms with Crippen molar-refractivity contribution in [3.63, 3.8) is 0 Å². The van der Waals surface area contributed by atoms with E-state index in [1.807, 2.05) is 30.3 Å². The number of carbonyl (C=O) groups excluding carboxylic acids is 1. The normalized spacial score (nSPS) is 17.0. The highest BCUT2D eigenvalue weighted by Crippen LogP contribution is 2.26. The van der Waals surface area contributed by atoms with Crippen molar-refractivity contribution >= 4 is 29.1 Å². The number of likely N-dealkylation sites (tertiary alicyclic amines) is 1. The van der Waals surface area contributed by atoms with Crippen LogP contribution in [0.2, 0.25) is 10.0 Å². The van der Waals surface area contributed by atoms with Crippen LogP contribution >= 0.6 is 23.2 Å². The maximum atomic E-state index is 12.2. The molecule has 1 aliphatic heterocycles. The van der Waals surface area contributed by atoms with Crippen LogP contribution in [0, 0.1) is 0 Å². The summed E-state index contributed by atoms with van der Waals surface area (Å²) < 4.78 is 0. The number of nitrogens with zero attached hydrogens (tertiary/aromatic N) is 1. The average Bonchev–Trinajstić information content (AvgIpc) is 2.66. The Labute approximate surface area is 163 Å². The van der Waals surface area contributed by atoms with Gasteiger partial charge in [-0.05, 0) is 42.7 Å². The smallest absolute Gasteiger partial charge is 0.251 e. The summed E-state index contributed by atoms with van der Waals surface area (Å²) in [5, 5.41) is 14.5. The summed E-state index contributed by atoms with van der Waals surface area (Å²) in [6, 6.07) is 14.6. The fourth-order valence-electron chi connectivity index (χ4n) is 3.19. The van der Waals surface area contributed by atoms with Crippen molar-refractivity contribution in [2.75, 3.05) is 19.6 Å². The second-order valence-electron chi connectivity index (χ2n) is 6.60. The van der Waals surface area contributed by atoms with E-state index in [-0.39, 0.29) is 11.9 Å². The van der Waals surface area contributed by atoms with Crippen LogP contribution in [0.5, 0.6) is 0 Å². The highest BCUT2D eigenvalue weighted by Gasteiger charge is 2.23. The Morgan fingerprint density at radius 3 is 2.46 bits per heavy atom. The molecule has 1 unspecified atom stereocenters. The van der Waals surface area contributed by atoms with Gasteiger partial charge in [0, 0.05) is 31.2 Å². The Balaban J connectivity index is 1.47. The van der Waals surface area contributed by atoms with Crippen LogP contribution in [0.3, 0.4) is 0 Å². The van der Waals surface area contributed by atoms with Gasteiger partial charge in [0.05, 0.1) is 16.1 Å². The molecule has 2 aromatic carbocycles. The van der Waals surface area contributed by atoms with Crippen LogP contribution in [0.1, 0.15) is 34.9 Å². The lowest BCUT2D eigenvalue weighted by Crippen LogP contribution is -2.45. The molecule has 2 aromatic rings. The number of rotatable bonds is 5. The SMILES string of the molecule is O=C(NC1CCN(CC(O)c2ccc(Cl)c(Cl)c2)CC1)c1ccccc1. The Kier molecular flexibility index (Phi) is 6.54. The summed E-state index contributed by atoms with van der Waals surface area (Å²) in [4.78, 5) is 14.4. The van der Waals surface area contributed by atoms with E-state index in [1.54, 1.807) is 18.2 Å². The van der Waals surface area contributed by atoms with E-state index < -0.39 is 6.10 Å². The molecule has 0 aliphatic carbocycles. The molecule has 1 atom stereocenters. The van der Waals surface area contributed by atoms with Crippen LogP contribution in [0.4, 0.5) is 0 Å². The van der Waals surface area contributed by atoms with E-state index in [0.717, 1.165) is 31.5 Å². The van der Waals surface area contributed by atoms with Gasteiger partial charge < -0.3 is 15.3 Å². The number of nitrogens with one attached hydrogen (secondary N) is 1. The van der Waals surface area contributed by atoms with Crippen LogP contribution in [-0.2, 0) is 0 Å². The highest BCUT2D eigenvalue weighted by atomic mass is 35.5. The number of piperidine rings is 1. The molecule has 0 saturated carbocycles. The molecule has 1 saturated heterocycles. The molecule has 0 radical (unpaired) electrons. The van der Waals surface area contributed by atoms with E-state index in [1.165, 1.54) is 0 Å². The van der Waals surface area contributed by atoms with E-state index >= 15 is 0 Å². The van der Waals surface area contributed by atoms with Gasteiger partial charge in [-0.15, -0.1) is 0 Å². The van der Waals surface area contributed by atoms with Gasteiger partial charge in [-0.25, -0.2) is 0 Å². The predicted octanol–water partition coefficient (Wildman–Crippen LogP) is 3.92. The molecule has 1 heterocycles. The zero-order chi connectivity index (χ0) is 18.5. The minimum atomic E-state index is -0.611. The predicted molar refractivity (Wildman–Crippen MR) is 105 cm³/mol. The van der Waals surface area contributed by atoms with Crippen LogP contribution < -0.4 is 5.32 Å². The first-order valence-electron chi connectivity index (χ1n) is 8.74. The monoisotopic (exact) mass is 392 g/mol. The molecule has 138 valence electrons. The zero-order valence-electron chi connectivity index (χ0n) is 14.4. The van der Waals surface area contributed by atoms with Crippen molar-refractivity contribution in [1.29, 1.82) is 0 Å². The van der Waals surface area contributed by atoms with Gasteiger partial charge in [0.15, 0.2) is 0 Å². The van der Waals surface area contributed by atoms with Gasteiger partial charge in [-0.2, -0.15) is 0 Å². The summed E-state index contributed by atoms with van der Waals surface area (Å²) in [7, 11) is 0. The lowest BCUT2D eigenvalue weighted by molar-refractivity contribution is 0.0828. The van der Waals surface area contributed by atoms with Crippen molar-refractivity contribution < 1.29 is 9.90 Å². The van der Waals surface area contributed by atoms with Crippen molar-refractivity contribution in [2.24, 2.45) is 0 Å². The summed E-state index contributed by atoms with van der Waals surface area (Å²) in [6.07, 6.45) is 1.12. The number of β-amino-alcohol motifs (C(OH)–C–C–N with tert-alkyl or cyclic N) is 1. The topological polar surface area (TPSA) is 52.6 Å². The van der Waals surface area contributed by atoms with E-state index in [9.17, 15) is 9.90 Å². The van der Waals surface area contributed by atoms with E-state index in [4.69, 9.17) is 23.2 Å². The fraction of sp³-hybridized carbons (Fsp3) is 0.350. The summed E-state index contributed by atoms with van der Waals surface area (Å²) in [5.74, 6) is -0.0279. The highest BCUT2D eigenvalue weighted by molar-refractivity contribution is 6.42. The molecule has 0 aromatic heterocycles. The second kappa shape index (κ2) is 8.87. The molecule has 1 amide bonds. The molecular weight excluding hydrogens is 371 g/mol. The number of aliphatic hydroxyl groups is 1. The van der Waals surface area contributed by atoms with E-state index in [2.05, 4.69) is 10.2 Å². The molecule has 1 fully saturated rings. The Hall–Kier alpha value is -1.59. The fourth-order valence-corrected chi connectivity index (χ4v) is 3.49. The molecule has 1 aliphatic rings. The minimum absolute atomic E-state index is 0.0279. The third kappa shape index (κ3) is 4.98. The van der Waals surface area contributed by atoms with Gasteiger partial charge in [-0.1, -0.05) is 47.5 Å². The lowest BCUT2D eigenvalue weighted by atomic mass is 10.0. The number of halogens is 2. The van der Waals surface area contributed by atoms with Crippen molar-refractivity contribution in [3.05, 3.63) is 69.7 Å². The number of hydrogen-bond donors (Lipinski definition) is 2. The third-order valence-corrected chi connectivity index (χ3v) is 5.46. The second-order valence-corrected chi connectivity index (χ2v) is 7.42. The summed E-state index contributed by atoms with van der Waals surface area (Å²) >= 11 is 11.9.